The fourth-order valence-electron chi connectivity index (χ4n) is 1.95. The van der Waals surface area contributed by atoms with Crippen LogP contribution >= 0.6 is 11.6 Å². The van der Waals surface area contributed by atoms with Crippen molar-refractivity contribution in [3.8, 4) is 0 Å². The van der Waals surface area contributed by atoms with Crippen molar-refractivity contribution in [3.05, 3.63) is 34.4 Å². The van der Waals surface area contributed by atoms with Gasteiger partial charge in [-0.15, -0.1) is 0 Å². The molecule has 18 heavy (non-hydrogen) atoms. The van der Waals surface area contributed by atoms with Crippen LogP contribution in [0.15, 0.2) is 12.1 Å². The van der Waals surface area contributed by atoms with Crippen molar-refractivity contribution >= 4 is 11.6 Å². The third-order valence-electron chi connectivity index (χ3n) is 3.06. The summed E-state index contributed by atoms with van der Waals surface area (Å²) < 4.78 is 26.8. The van der Waals surface area contributed by atoms with Crippen molar-refractivity contribution in [2.45, 2.75) is 51.5 Å². The third-order valence-corrected chi connectivity index (χ3v) is 3.35. The minimum Gasteiger partial charge on any atom is -0.324 e. The van der Waals surface area contributed by atoms with Gasteiger partial charge in [0.1, 0.15) is 11.6 Å². The monoisotopic (exact) mass is 275 g/mol. The number of nitrogens with two attached hydrogens (primary N) is 1. The fraction of sp³-hybridized carbons (Fsp3) is 0.571. The van der Waals surface area contributed by atoms with E-state index in [0.717, 1.165) is 25.0 Å². The van der Waals surface area contributed by atoms with Crippen LogP contribution < -0.4 is 5.73 Å². The summed E-state index contributed by atoms with van der Waals surface area (Å²) in [7, 11) is 0. The first-order valence-corrected chi connectivity index (χ1v) is 6.84. The van der Waals surface area contributed by atoms with Crippen molar-refractivity contribution in [3.63, 3.8) is 0 Å². The van der Waals surface area contributed by atoms with Crippen molar-refractivity contribution in [1.29, 1.82) is 0 Å². The van der Waals surface area contributed by atoms with Gasteiger partial charge in [0.15, 0.2) is 0 Å². The molecule has 1 unspecified atom stereocenters. The van der Waals surface area contributed by atoms with Gasteiger partial charge < -0.3 is 5.73 Å². The minimum absolute atomic E-state index is 0.202. The first kappa shape index (κ1) is 15.4. The number of hydrogen-bond acceptors (Lipinski definition) is 1. The molecule has 0 aliphatic heterocycles. The molecular weight excluding hydrogens is 256 g/mol. The molecule has 0 aliphatic carbocycles. The lowest BCUT2D eigenvalue weighted by atomic mass is 10.00. The summed E-state index contributed by atoms with van der Waals surface area (Å²) in [5.74, 6) is -1.14. The molecule has 0 aliphatic rings. The van der Waals surface area contributed by atoms with E-state index in [4.69, 9.17) is 17.3 Å². The zero-order chi connectivity index (χ0) is 13.5. The van der Waals surface area contributed by atoms with Crippen LogP contribution in [0.4, 0.5) is 8.78 Å². The first-order valence-electron chi connectivity index (χ1n) is 6.46. The molecule has 0 radical (unpaired) electrons. The lowest BCUT2D eigenvalue weighted by molar-refractivity contribution is 0.519. The van der Waals surface area contributed by atoms with Crippen LogP contribution in [0.2, 0.25) is 5.02 Å². The molecule has 1 aromatic rings. The highest BCUT2D eigenvalue weighted by Gasteiger charge is 2.14. The molecule has 4 heteroatoms. The van der Waals surface area contributed by atoms with E-state index < -0.39 is 17.7 Å². The van der Waals surface area contributed by atoms with Crippen molar-refractivity contribution in [2.24, 2.45) is 5.73 Å². The van der Waals surface area contributed by atoms with Gasteiger partial charge in [-0.3, -0.25) is 0 Å². The number of hydrogen-bond donors (Lipinski definition) is 1. The van der Waals surface area contributed by atoms with Crippen LogP contribution in [0, 0.1) is 11.6 Å². The Labute approximate surface area is 112 Å². The van der Waals surface area contributed by atoms with Crippen molar-refractivity contribution in [2.75, 3.05) is 0 Å². The van der Waals surface area contributed by atoms with E-state index in [-0.39, 0.29) is 10.6 Å². The molecule has 0 spiro atoms. The molecule has 102 valence electrons. The van der Waals surface area contributed by atoms with Gasteiger partial charge >= 0.3 is 0 Å². The lowest BCUT2D eigenvalue weighted by Crippen LogP contribution is -2.12. The molecule has 0 bridgehead atoms. The maximum absolute atomic E-state index is 13.6. The number of benzene rings is 1. The summed E-state index contributed by atoms with van der Waals surface area (Å²) in [5, 5.41) is -0.202. The van der Waals surface area contributed by atoms with E-state index in [2.05, 4.69) is 6.92 Å². The molecule has 0 aromatic heterocycles. The highest BCUT2D eigenvalue weighted by Crippen LogP contribution is 2.25. The van der Waals surface area contributed by atoms with Gasteiger partial charge in [0.25, 0.3) is 0 Å². The molecular formula is C14H20ClF2N. The summed E-state index contributed by atoms with van der Waals surface area (Å²) in [6.07, 6.45) is 6.24. The molecule has 1 aromatic carbocycles. The molecule has 0 saturated heterocycles. The lowest BCUT2D eigenvalue weighted by Gasteiger charge is -2.13. The van der Waals surface area contributed by atoms with E-state index >= 15 is 0 Å². The standard InChI is InChI=1S/C14H20ClF2N/c1-2-3-4-5-6-7-14(18)10-8-13(17)11(15)9-12(10)16/h8-9,14H,2-7,18H2,1H3. The summed E-state index contributed by atoms with van der Waals surface area (Å²) in [4.78, 5) is 0. The van der Waals surface area contributed by atoms with Crippen LogP contribution in [0.3, 0.4) is 0 Å². The Bertz CT molecular complexity index is 382. The maximum atomic E-state index is 13.6. The molecule has 0 saturated carbocycles. The molecule has 0 amide bonds. The van der Waals surface area contributed by atoms with Crippen LogP contribution in [0.25, 0.3) is 0 Å². The Morgan fingerprint density at radius 2 is 1.78 bits per heavy atom. The normalized spacial score (nSPS) is 12.7. The second-order valence-electron chi connectivity index (χ2n) is 4.60. The number of unbranched alkanes of at least 4 members (excludes halogenated alkanes) is 4. The number of rotatable bonds is 7. The van der Waals surface area contributed by atoms with Crippen LogP contribution in [-0.4, -0.2) is 0 Å². The van der Waals surface area contributed by atoms with Gasteiger partial charge in [0, 0.05) is 11.6 Å². The largest absolute Gasteiger partial charge is 0.324 e. The first-order chi connectivity index (χ1) is 8.56. The van der Waals surface area contributed by atoms with Gasteiger partial charge in [0.2, 0.25) is 0 Å². The summed E-state index contributed by atoms with van der Waals surface area (Å²) >= 11 is 5.50. The quantitative estimate of drug-likeness (QED) is 0.551. The zero-order valence-electron chi connectivity index (χ0n) is 10.7. The maximum Gasteiger partial charge on any atom is 0.142 e. The van der Waals surface area contributed by atoms with E-state index in [1.54, 1.807) is 0 Å². The predicted octanol–water partition coefficient (Wildman–Crippen LogP) is 4.98. The van der Waals surface area contributed by atoms with Crippen LogP contribution in [0.5, 0.6) is 0 Å². The highest BCUT2D eigenvalue weighted by molar-refractivity contribution is 6.30. The van der Waals surface area contributed by atoms with Gasteiger partial charge in [-0.2, -0.15) is 0 Å². The summed E-state index contributed by atoms with van der Waals surface area (Å²) in [6.45, 7) is 2.15. The predicted molar refractivity (Wildman–Crippen MR) is 71.7 cm³/mol. The topological polar surface area (TPSA) is 26.0 Å². The molecule has 1 atom stereocenters. The zero-order valence-corrected chi connectivity index (χ0v) is 11.4. The van der Waals surface area contributed by atoms with E-state index in [9.17, 15) is 8.78 Å². The molecule has 1 nitrogen and oxygen atoms in total. The average molecular weight is 276 g/mol. The van der Waals surface area contributed by atoms with E-state index in [0.29, 0.717) is 6.42 Å². The Kier molecular flexibility index (Phi) is 6.58. The molecule has 0 fully saturated rings. The Hall–Kier alpha value is -0.670. The Morgan fingerprint density at radius 1 is 1.11 bits per heavy atom. The van der Waals surface area contributed by atoms with E-state index in [1.807, 2.05) is 0 Å². The molecule has 2 N–H and O–H groups in total. The molecule has 0 heterocycles. The average Bonchev–Trinajstić information content (AvgIpc) is 2.33. The highest BCUT2D eigenvalue weighted by atomic mass is 35.5. The summed E-state index contributed by atoms with van der Waals surface area (Å²) in [5.41, 5.74) is 6.09. The van der Waals surface area contributed by atoms with Crippen LogP contribution in [-0.2, 0) is 0 Å². The van der Waals surface area contributed by atoms with Crippen molar-refractivity contribution in [1.82, 2.24) is 0 Å². The Balaban J connectivity index is 2.51. The van der Waals surface area contributed by atoms with Crippen LogP contribution in [0.1, 0.15) is 57.1 Å². The second-order valence-corrected chi connectivity index (χ2v) is 5.00. The van der Waals surface area contributed by atoms with E-state index in [1.165, 1.54) is 19.3 Å². The second kappa shape index (κ2) is 7.70. The van der Waals surface area contributed by atoms with Gasteiger partial charge in [-0.25, -0.2) is 8.78 Å². The van der Waals surface area contributed by atoms with Gasteiger partial charge in [-0.1, -0.05) is 50.6 Å². The van der Waals surface area contributed by atoms with Gasteiger partial charge in [0.05, 0.1) is 5.02 Å². The van der Waals surface area contributed by atoms with Crippen molar-refractivity contribution < 1.29 is 8.78 Å². The SMILES string of the molecule is CCCCCCCC(N)c1cc(F)c(Cl)cc1F. The van der Waals surface area contributed by atoms with Gasteiger partial charge in [-0.05, 0) is 18.6 Å². The fourth-order valence-corrected chi connectivity index (χ4v) is 2.10. The minimum atomic E-state index is -0.616. The Morgan fingerprint density at radius 3 is 2.44 bits per heavy atom. The third kappa shape index (κ3) is 4.54. The summed E-state index contributed by atoms with van der Waals surface area (Å²) in [6, 6.07) is 1.63. The number of halogens is 3. The smallest absolute Gasteiger partial charge is 0.142 e. The molecule has 1 rings (SSSR count).